The zero-order valence-electron chi connectivity index (χ0n) is 7.87. The lowest BCUT2D eigenvalue weighted by Gasteiger charge is -2.12. The van der Waals surface area contributed by atoms with Crippen molar-refractivity contribution in [2.45, 2.75) is 12.8 Å². The molecule has 0 unspecified atom stereocenters. The van der Waals surface area contributed by atoms with E-state index in [1.807, 2.05) is 12.1 Å². The highest BCUT2D eigenvalue weighted by Crippen LogP contribution is 2.45. The summed E-state index contributed by atoms with van der Waals surface area (Å²) in [4.78, 5) is 0. The van der Waals surface area contributed by atoms with Crippen molar-refractivity contribution in [3.63, 3.8) is 0 Å². The SMILES string of the molecule is OCC1(COc2ccc(Cl)cc2)CC1. The lowest BCUT2D eigenvalue weighted by atomic mass is 10.1. The minimum Gasteiger partial charge on any atom is -0.493 e. The summed E-state index contributed by atoms with van der Waals surface area (Å²) in [5.41, 5.74) is 0.0413. The fourth-order valence-electron chi connectivity index (χ4n) is 1.29. The Hall–Kier alpha value is -0.730. The van der Waals surface area contributed by atoms with Crippen LogP contribution in [0.15, 0.2) is 24.3 Å². The van der Waals surface area contributed by atoms with Crippen LogP contribution in [0.1, 0.15) is 12.8 Å². The fourth-order valence-corrected chi connectivity index (χ4v) is 1.42. The highest BCUT2D eigenvalue weighted by atomic mass is 35.5. The van der Waals surface area contributed by atoms with Crippen LogP contribution in [0.3, 0.4) is 0 Å². The molecule has 0 aliphatic heterocycles. The van der Waals surface area contributed by atoms with Crippen LogP contribution < -0.4 is 4.74 Å². The lowest BCUT2D eigenvalue weighted by Crippen LogP contribution is -2.16. The van der Waals surface area contributed by atoms with Crippen LogP contribution >= 0.6 is 11.6 Å². The monoisotopic (exact) mass is 212 g/mol. The van der Waals surface area contributed by atoms with Crippen molar-refractivity contribution < 1.29 is 9.84 Å². The molecule has 0 aromatic heterocycles. The molecule has 76 valence electrons. The van der Waals surface area contributed by atoms with Crippen LogP contribution in [-0.2, 0) is 0 Å². The molecule has 0 saturated heterocycles. The Bertz CT molecular complexity index is 304. The molecule has 0 amide bonds. The van der Waals surface area contributed by atoms with Gasteiger partial charge in [-0.15, -0.1) is 0 Å². The largest absolute Gasteiger partial charge is 0.493 e. The van der Waals surface area contributed by atoms with Crippen LogP contribution in [0, 0.1) is 5.41 Å². The average molecular weight is 213 g/mol. The second-order valence-electron chi connectivity index (χ2n) is 3.90. The Labute approximate surface area is 88.5 Å². The Morgan fingerprint density at radius 2 is 1.93 bits per heavy atom. The van der Waals surface area contributed by atoms with E-state index in [-0.39, 0.29) is 12.0 Å². The zero-order chi connectivity index (χ0) is 10.0. The topological polar surface area (TPSA) is 29.5 Å². The third-order valence-electron chi connectivity index (χ3n) is 2.65. The molecule has 0 heterocycles. The van der Waals surface area contributed by atoms with Gasteiger partial charge in [-0.3, -0.25) is 0 Å². The standard InChI is InChI=1S/C11H13ClO2/c12-9-1-3-10(4-2-9)14-8-11(7-13)5-6-11/h1-4,13H,5-8H2. The summed E-state index contributed by atoms with van der Waals surface area (Å²) in [7, 11) is 0. The molecule has 1 aliphatic carbocycles. The van der Waals surface area contributed by atoms with Crippen LogP contribution in [0.2, 0.25) is 5.02 Å². The van der Waals surface area contributed by atoms with Crippen molar-refractivity contribution >= 4 is 11.6 Å². The van der Waals surface area contributed by atoms with Gasteiger partial charge >= 0.3 is 0 Å². The number of hydrogen-bond acceptors (Lipinski definition) is 2. The van der Waals surface area contributed by atoms with Crippen LogP contribution in [0.25, 0.3) is 0 Å². The number of rotatable bonds is 4. The van der Waals surface area contributed by atoms with Gasteiger partial charge in [-0.05, 0) is 37.1 Å². The Morgan fingerprint density at radius 3 is 2.43 bits per heavy atom. The predicted octanol–water partition coefficient (Wildman–Crippen LogP) is 2.49. The predicted molar refractivity (Wildman–Crippen MR) is 55.7 cm³/mol. The summed E-state index contributed by atoms with van der Waals surface area (Å²) in [6.45, 7) is 0.825. The number of aliphatic hydroxyl groups is 1. The van der Waals surface area contributed by atoms with Crippen molar-refractivity contribution in [1.29, 1.82) is 0 Å². The van der Waals surface area contributed by atoms with Gasteiger partial charge in [0.2, 0.25) is 0 Å². The van der Waals surface area contributed by atoms with Crippen molar-refractivity contribution in [3.05, 3.63) is 29.3 Å². The van der Waals surface area contributed by atoms with E-state index in [2.05, 4.69) is 0 Å². The molecule has 3 heteroatoms. The van der Waals surface area contributed by atoms with Crippen molar-refractivity contribution in [2.24, 2.45) is 5.41 Å². The first-order chi connectivity index (χ1) is 6.74. The van der Waals surface area contributed by atoms with E-state index in [1.54, 1.807) is 12.1 Å². The van der Waals surface area contributed by atoms with Gasteiger partial charge in [-0.1, -0.05) is 11.6 Å². The van der Waals surface area contributed by atoms with E-state index < -0.39 is 0 Å². The number of benzene rings is 1. The smallest absolute Gasteiger partial charge is 0.119 e. The fraction of sp³-hybridized carbons (Fsp3) is 0.455. The summed E-state index contributed by atoms with van der Waals surface area (Å²) in [6, 6.07) is 7.29. The van der Waals surface area contributed by atoms with E-state index in [9.17, 15) is 0 Å². The van der Waals surface area contributed by atoms with Gasteiger partial charge in [0.25, 0.3) is 0 Å². The van der Waals surface area contributed by atoms with E-state index in [1.165, 1.54) is 0 Å². The van der Waals surface area contributed by atoms with Gasteiger partial charge < -0.3 is 9.84 Å². The average Bonchev–Trinajstić information content (AvgIpc) is 2.98. The molecule has 1 aromatic rings. The molecule has 1 aromatic carbocycles. The molecule has 1 aliphatic rings. The second-order valence-corrected chi connectivity index (χ2v) is 4.34. The first kappa shape index (κ1) is 9.81. The number of ether oxygens (including phenoxy) is 1. The third-order valence-corrected chi connectivity index (χ3v) is 2.90. The van der Waals surface area contributed by atoms with Gasteiger partial charge in [-0.25, -0.2) is 0 Å². The summed E-state index contributed by atoms with van der Waals surface area (Å²) in [5.74, 6) is 0.814. The Balaban J connectivity index is 1.89. The second kappa shape index (κ2) is 3.79. The van der Waals surface area contributed by atoms with E-state index >= 15 is 0 Å². The maximum atomic E-state index is 9.08. The van der Waals surface area contributed by atoms with Gasteiger partial charge in [0, 0.05) is 10.4 Å². The molecule has 1 N–H and O–H groups in total. The Kier molecular flexibility index (Phi) is 2.66. The molecular weight excluding hydrogens is 200 g/mol. The molecule has 0 spiro atoms. The summed E-state index contributed by atoms with van der Waals surface area (Å²) < 4.78 is 5.56. The molecule has 0 bridgehead atoms. The van der Waals surface area contributed by atoms with Gasteiger partial charge in [-0.2, -0.15) is 0 Å². The minimum absolute atomic E-state index is 0.0413. The zero-order valence-corrected chi connectivity index (χ0v) is 8.63. The highest BCUT2D eigenvalue weighted by Gasteiger charge is 2.42. The molecule has 1 saturated carbocycles. The molecule has 0 radical (unpaired) electrons. The first-order valence-electron chi connectivity index (χ1n) is 4.73. The molecule has 14 heavy (non-hydrogen) atoms. The number of aliphatic hydroxyl groups excluding tert-OH is 1. The molecule has 2 rings (SSSR count). The van der Waals surface area contributed by atoms with Crippen molar-refractivity contribution in [1.82, 2.24) is 0 Å². The lowest BCUT2D eigenvalue weighted by molar-refractivity contribution is 0.146. The van der Waals surface area contributed by atoms with E-state index in [0.717, 1.165) is 18.6 Å². The summed E-state index contributed by atoms with van der Waals surface area (Å²) in [6.07, 6.45) is 2.13. The van der Waals surface area contributed by atoms with Crippen molar-refractivity contribution in [2.75, 3.05) is 13.2 Å². The molecular formula is C11H13ClO2. The molecule has 2 nitrogen and oxygen atoms in total. The van der Waals surface area contributed by atoms with Crippen LogP contribution in [-0.4, -0.2) is 18.3 Å². The molecule has 0 atom stereocenters. The Morgan fingerprint density at radius 1 is 1.29 bits per heavy atom. The number of hydrogen-bond donors (Lipinski definition) is 1. The van der Waals surface area contributed by atoms with Gasteiger partial charge in [0.15, 0.2) is 0 Å². The normalized spacial score (nSPS) is 17.9. The van der Waals surface area contributed by atoms with Gasteiger partial charge in [0.1, 0.15) is 5.75 Å². The summed E-state index contributed by atoms with van der Waals surface area (Å²) in [5, 5.41) is 9.79. The van der Waals surface area contributed by atoms with Crippen LogP contribution in [0.4, 0.5) is 0 Å². The maximum absolute atomic E-state index is 9.08. The van der Waals surface area contributed by atoms with Crippen LogP contribution in [0.5, 0.6) is 5.75 Å². The third kappa shape index (κ3) is 2.20. The maximum Gasteiger partial charge on any atom is 0.119 e. The van der Waals surface area contributed by atoms with Crippen molar-refractivity contribution in [3.8, 4) is 5.75 Å². The first-order valence-corrected chi connectivity index (χ1v) is 5.11. The highest BCUT2D eigenvalue weighted by molar-refractivity contribution is 6.30. The van der Waals surface area contributed by atoms with E-state index in [0.29, 0.717) is 11.6 Å². The van der Waals surface area contributed by atoms with Gasteiger partial charge in [0.05, 0.1) is 13.2 Å². The van der Waals surface area contributed by atoms with E-state index in [4.69, 9.17) is 21.4 Å². The number of halogens is 1. The molecule has 1 fully saturated rings. The summed E-state index contributed by atoms with van der Waals surface area (Å²) >= 11 is 5.75. The quantitative estimate of drug-likeness (QED) is 0.831. The minimum atomic E-state index is 0.0413.